The molecular formula is C12H22N2O5S. The standard InChI is InChI=1S/C12H22N2O5S/c1-3-4-9(10(15)16)7-13-11(17)14-12(2)5-6-20(18,19)8-12/h9H,3-8H2,1-2H3,(H,15,16)(H2,13,14,17). The van der Waals surface area contributed by atoms with Crippen molar-refractivity contribution in [1.29, 1.82) is 0 Å². The minimum atomic E-state index is -3.09. The van der Waals surface area contributed by atoms with Gasteiger partial charge in [0.1, 0.15) is 0 Å². The number of amides is 2. The second-order valence-corrected chi connectivity index (χ2v) is 7.75. The van der Waals surface area contributed by atoms with Crippen molar-refractivity contribution in [2.24, 2.45) is 5.92 Å². The van der Waals surface area contributed by atoms with Gasteiger partial charge in [0, 0.05) is 6.54 Å². The maximum atomic E-state index is 11.7. The Labute approximate surface area is 119 Å². The monoisotopic (exact) mass is 306 g/mol. The lowest BCUT2D eigenvalue weighted by atomic mass is 10.0. The molecule has 1 rings (SSSR count). The molecule has 0 aromatic heterocycles. The minimum absolute atomic E-state index is 0.0395. The van der Waals surface area contributed by atoms with Crippen molar-refractivity contribution in [3.63, 3.8) is 0 Å². The molecule has 116 valence electrons. The van der Waals surface area contributed by atoms with Crippen molar-refractivity contribution in [2.75, 3.05) is 18.1 Å². The van der Waals surface area contributed by atoms with E-state index in [2.05, 4.69) is 10.6 Å². The van der Waals surface area contributed by atoms with E-state index in [4.69, 9.17) is 5.11 Å². The van der Waals surface area contributed by atoms with E-state index in [0.29, 0.717) is 12.8 Å². The number of aliphatic carboxylic acids is 1. The SMILES string of the molecule is CCCC(CNC(=O)NC1(C)CCS(=O)(=O)C1)C(=O)O. The molecule has 0 aromatic rings. The molecule has 20 heavy (non-hydrogen) atoms. The third kappa shape index (κ3) is 4.99. The molecule has 1 aliphatic heterocycles. The zero-order valence-electron chi connectivity index (χ0n) is 11.8. The highest BCUT2D eigenvalue weighted by Gasteiger charge is 2.39. The van der Waals surface area contributed by atoms with Gasteiger partial charge in [0.25, 0.3) is 0 Å². The van der Waals surface area contributed by atoms with Gasteiger partial charge in [-0.2, -0.15) is 0 Å². The predicted molar refractivity (Wildman–Crippen MR) is 74.2 cm³/mol. The van der Waals surface area contributed by atoms with E-state index in [1.54, 1.807) is 6.92 Å². The van der Waals surface area contributed by atoms with Crippen LogP contribution in [-0.2, 0) is 14.6 Å². The molecule has 0 spiro atoms. The number of carbonyl (C=O) groups excluding carboxylic acids is 1. The molecular weight excluding hydrogens is 284 g/mol. The van der Waals surface area contributed by atoms with Gasteiger partial charge in [-0.15, -0.1) is 0 Å². The molecule has 8 heteroatoms. The Morgan fingerprint density at radius 2 is 2.05 bits per heavy atom. The van der Waals surface area contributed by atoms with Gasteiger partial charge in [0.15, 0.2) is 9.84 Å². The van der Waals surface area contributed by atoms with Crippen molar-refractivity contribution in [2.45, 2.75) is 38.6 Å². The van der Waals surface area contributed by atoms with Crippen LogP contribution in [0, 0.1) is 5.92 Å². The van der Waals surface area contributed by atoms with E-state index < -0.39 is 33.3 Å². The van der Waals surface area contributed by atoms with Crippen LogP contribution < -0.4 is 10.6 Å². The summed E-state index contributed by atoms with van der Waals surface area (Å²) in [5.41, 5.74) is -0.771. The Morgan fingerprint density at radius 1 is 1.40 bits per heavy atom. The number of carbonyl (C=O) groups is 2. The first kappa shape index (κ1) is 16.7. The molecule has 1 heterocycles. The van der Waals surface area contributed by atoms with Gasteiger partial charge in [0.2, 0.25) is 0 Å². The lowest BCUT2D eigenvalue weighted by Gasteiger charge is -2.24. The van der Waals surface area contributed by atoms with E-state index in [-0.39, 0.29) is 18.1 Å². The molecule has 2 atom stereocenters. The summed E-state index contributed by atoms with van der Waals surface area (Å²) < 4.78 is 22.8. The number of carboxylic acids is 1. The zero-order valence-corrected chi connectivity index (χ0v) is 12.6. The number of carboxylic acid groups (broad SMARTS) is 1. The molecule has 0 bridgehead atoms. The smallest absolute Gasteiger partial charge is 0.315 e. The summed E-state index contributed by atoms with van der Waals surface area (Å²) in [6.07, 6.45) is 1.58. The van der Waals surface area contributed by atoms with Crippen LogP contribution in [-0.4, -0.2) is 49.1 Å². The van der Waals surface area contributed by atoms with Crippen LogP contribution in [0.3, 0.4) is 0 Å². The average molecular weight is 306 g/mol. The number of nitrogens with one attached hydrogen (secondary N) is 2. The van der Waals surface area contributed by atoms with Crippen LogP contribution in [0.2, 0.25) is 0 Å². The Balaban J connectivity index is 2.46. The first-order chi connectivity index (χ1) is 9.17. The molecule has 1 saturated heterocycles. The zero-order chi connectivity index (χ0) is 15.4. The summed E-state index contributed by atoms with van der Waals surface area (Å²) in [7, 11) is -3.09. The largest absolute Gasteiger partial charge is 0.481 e. The maximum Gasteiger partial charge on any atom is 0.315 e. The second kappa shape index (κ2) is 6.43. The first-order valence-corrected chi connectivity index (χ1v) is 8.49. The molecule has 2 amide bonds. The fourth-order valence-electron chi connectivity index (χ4n) is 2.30. The van der Waals surface area contributed by atoms with Gasteiger partial charge in [-0.25, -0.2) is 13.2 Å². The van der Waals surface area contributed by atoms with E-state index in [1.165, 1.54) is 0 Å². The number of urea groups is 1. The highest BCUT2D eigenvalue weighted by Crippen LogP contribution is 2.22. The molecule has 1 aliphatic rings. The summed E-state index contributed by atoms with van der Waals surface area (Å²) in [4.78, 5) is 22.7. The van der Waals surface area contributed by atoms with Gasteiger partial charge in [-0.05, 0) is 19.8 Å². The second-order valence-electron chi connectivity index (χ2n) is 5.56. The van der Waals surface area contributed by atoms with Gasteiger partial charge in [-0.3, -0.25) is 4.79 Å². The van der Waals surface area contributed by atoms with Crippen LogP contribution in [0.4, 0.5) is 4.79 Å². The molecule has 0 saturated carbocycles. The van der Waals surface area contributed by atoms with Crippen LogP contribution in [0.1, 0.15) is 33.1 Å². The van der Waals surface area contributed by atoms with Crippen molar-refractivity contribution in [1.82, 2.24) is 10.6 Å². The minimum Gasteiger partial charge on any atom is -0.481 e. The number of sulfone groups is 1. The van der Waals surface area contributed by atoms with E-state index in [9.17, 15) is 18.0 Å². The Bertz CT molecular complexity index is 476. The normalized spacial score (nSPS) is 25.9. The average Bonchev–Trinajstić information content (AvgIpc) is 2.58. The number of rotatable bonds is 6. The fourth-order valence-corrected chi connectivity index (χ4v) is 4.40. The lowest BCUT2D eigenvalue weighted by molar-refractivity contribution is -0.141. The first-order valence-electron chi connectivity index (χ1n) is 6.67. The third-order valence-electron chi connectivity index (χ3n) is 3.41. The number of hydrogen-bond donors (Lipinski definition) is 3. The van der Waals surface area contributed by atoms with E-state index in [0.717, 1.165) is 6.42 Å². The summed E-state index contributed by atoms with van der Waals surface area (Å²) in [5.74, 6) is -1.57. The van der Waals surface area contributed by atoms with Crippen LogP contribution in [0.15, 0.2) is 0 Å². The summed E-state index contributed by atoms with van der Waals surface area (Å²) in [6, 6.07) is -0.521. The number of hydrogen-bond acceptors (Lipinski definition) is 4. The van der Waals surface area contributed by atoms with Crippen LogP contribution in [0.5, 0.6) is 0 Å². The van der Waals surface area contributed by atoms with Crippen molar-refractivity contribution in [3.8, 4) is 0 Å². The van der Waals surface area contributed by atoms with Crippen molar-refractivity contribution in [3.05, 3.63) is 0 Å². The quantitative estimate of drug-likeness (QED) is 0.656. The van der Waals surface area contributed by atoms with Crippen molar-refractivity contribution < 1.29 is 23.1 Å². The topological polar surface area (TPSA) is 113 Å². The van der Waals surface area contributed by atoms with Gasteiger partial charge < -0.3 is 15.7 Å². The van der Waals surface area contributed by atoms with E-state index in [1.807, 2.05) is 6.92 Å². The molecule has 3 N–H and O–H groups in total. The highest BCUT2D eigenvalue weighted by atomic mass is 32.2. The fraction of sp³-hybridized carbons (Fsp3) is 0.833. The van der Waals surface area contributed by atoms with Gasteiger partial charge >= 0.3 is 12.0 Å². The summed E-state index contributed by atoms with van der Waals surface area (Å²) in [6.45, 7) is 3.59. The third-order valence-corrected chi connectivity index (χ3v) is 5.32. The Morgan fingerprint density at radius 3 is 2.50 bits per heavy atom. The molecule has 7 nitrogen and oxygen atoms in total. The Kier molecular flexibility index (Phi) is 5.38. The van der Waals surface area contributed by atoms with Crippen LogP contribution in [0.25, 0.3) is 0 Å². The highest BCUT2D eigenvalue weighted by molar-refractivity contribution is 7.91. The molecule has 0 radical (unpaired) electrons. The van der Waals surface area contributed by atoms with Crippen molar-refractivity contribution >= 4 is 21.8 Å². The Hall–Kier alpha value is -1.31. The van der Waals surface area contributed by atoms with E-state index >= 15 is 0 Å². The molecule has 1 fully saturated rings. The van der Waals surface area contributed by atoms with Gasteiger partial charge in [0.05, 0.1) is 23.0 Å². The van der Waals surface area contributed by atoms with Crippen LogP contribution >= 0.6 is 0 Å². The maximum absolute atomic E-state index is 11.7. The molecule has 0 aromatic carbocycles. The predicted octanol–water partition coefficient (Wildman–Crippen LogP) is 0.364. The molecule has 2 unspecified atom stereocenters. The van der Waals surface area contributed by atoms with Gasteiger partial charge in [-0.1, -0.05) is 13.3 Å². The lowest BCUT2D eigenvalue weighted by Crippen LogP contribution is -2.52. The summed E-state index contributed by atoms with van der Waals surface area (Å²) >= 11 is 0. The molecule has 0 aliphatic carbocycles. The summed E-state index contributed by atoms with van der Waals surface area (Å²) in [5, 5.41) is 14.1.